The van der Waals surface area contributed by atoms with Gasteiger partial charge in [0.15, 0.2) is 0 Å². The normalized spacial score (nSPS) is 16.8. The van der Waals surface area contributed by atoms with Gasteiger partial charge in [0.1, 0.15) is 0 Å². The average molecular weight is 435 g/mol. The van der Waals surface area contributed by atoms with E-state index < -0.39 is 0 Å². The number of fused-ring (bicyclic) bond motifs is 1. The van der Waals surface area contributed by atoms with Gasteiger partial charge in [-0.2, -0.15) is 0 Å². The van der Waals surface area contributed by atoms with Crippen LogP contribution in [0.4, 0.5) is 11.4 Å². The van der Waals surface area contributed by atoms with Gasteiger partial charge in [0.2, 0.25) is 0 Å². The maximum atomic E-state index is 6.15. The minimum Gasteiger partial charge on any atom is -0.399 e. The topological polar surface area (TPSA) is 30.5 Å². The van der Waals surface area contributed by atoms with Crippen LogP contribution < -0.4 is 10.8 Å². The predicted molar refractivity (Wildman–Crippen MR) is 140 cm³/mol. The fraction of sp³-hybridized carbons (Fsp3) is 0.241. The summed E-state index contributed by atoms with van der Waals surface area (Å²) in [6, 6.07) is 30.0. The van der Waals surface area contributed by atoms with Gasteiger partial charge in [-0.15, -0.1) is 0 Å². The van der Waals surface area contributed by atoms with Crippen LogP contribution in [0.25, 0.3) is 21.9 Å². The first-order valence-electron chi connectivity index (χ1n) is 11.5. The molecule has 4 heteroatoms. The fourth-order valence-corrected chi connectivity index (χ4v) is 4.24. The number of nitrogens with one attached hydrogen (secondary N) is 1. The minimum atomic E-state index is -0.339. The Balaban J connectivity index is 1.29. The number of rotatable bonds is 4. The van der Waals surface area contributed by atoms with E-state index in [4.69, 9.17) is 9.31 Å². The number of benzene rings is 4. The van der Waals surface area contributed by atoms with E-state index >= 15 is 0 Å². The highest BCUT2D eigenvalue weighted by Gasteiger charge is 2.51. The number of hydrogen-bond donors (Lipinski definition) is 1. The third kappa shape index (κ3) is 4.17. The number of aryl methyl sites for hydroxylation is 1. The molecule has 1 aliphatic rings. The van der Waals surface area contributed by atoms with Gasteiger partial charge in [-0.25, -0.2) is 0 Å². The maximum Gasteiger partial charge on any atom is 0.494 e. The lowest BCUT2D eigenvalue weighted by Crippen LogP contribution is -2.41. The average Bonchev–Trinajstić information content (AvgIpc) is 3.01. The zero-order valence-electron chi connectivity index (χ0n) is 20.0. The molecule has 33 heavy (non-hydrogen) atoms. The molecule has 1 fully saturated rings. The van der Waals surface area contributed by atoms with Crippen LogP contribution in [0.5, 0.6) is 0 Å². The molecule has 0 unspecified atom stereocenters. The second kappa shape index (κ2) is 8.05. The molecule has 1 N–H and O–H groups in total. The zero-order chi connectivity index (χ0) is 23.2. The Kier molecular flexibility index (Phi) is 5.31. The quantitative estimate of drug-likeness (QED) is 0.355. The number of hydrogen-bond acceptors (Lipinski definition) is 3. The predicted octanol–water partition coefficient (Wildman–Crippen LogP) is 6.86. The van der Waals surface area contributed by atoms with E-state index in [9.17, 15) is 0 Å². The Morgan fingerprint density at radius 1 is 0.667 bits per heavy atom. The molecule has 1 heterocycles. The van der Waals surface area contributed by atoms with Gasteiger partial charge in [0.05, 0.1) is 11.2 Å². The van der Waals surface area contributed by atoms with Crippen molar-refractivity contribution in [2.75, 3.05) is 5.32 Å². The minimum absolute atomic E-state index is 0.333. The summed E-state index contributed by atoms with van der Waals surface area (Å²) < 4.78 is 12.3. The summed E-state index contributed by atoms with van der Waals surface area (Å²) in [7, 11) is -0.339. The van der Waals surface area contributed by atoms with Crippen LogP contribution in [-0.4, -0.2) is 18.3 Å². The molecule has 0 saturated carbocycles. The molecule has 5 rings (SSSR count). The van der Waals surface area contributed by atoms with E-state index in [0.717, 1.165) is 16.8 Å². The molecule has 1 saturated heterocycles. The van der Waals surface area contributed by atoms with E-state index in [1.807, 2.05) is 0 Å². The SMILES string of the molecule is Cc1cccc2cc(-c3ccc(Nc4ccc(B5OC(C)(C)C(C)(C)O5)cc4)cc3)ccc12. The Hall–Kier alpha value is -3.08. The largest absolute Gasteiger partial charge is 0.494 e. The molecule has 0 radical (unpaired) electrons. The van der Waals surface area contributed by atoms with E-state index in [-0.39, 0.29) is 18.3 Å². The summed E-state index contributed by atoms with van der Waals surface area (Å²) in [4.78, 5) is 0. The van der Waals surface area contributed by atoms with Gasteiger partial charge in [-0.3, -0.25) is 0 Å². The van der Waals surface area contributed by atoms with Gasteiger partial charge >= 0.3 is 7.12 Å². The Labute approximate surface area is 196 Å². The highest BCUT2D eigenvalue weighted by atomic mass is 16.7. The second-order valence-corrected chi connectivity index (χ2v) is 9.92. The Morgan fingerprint density at radius 3 is 1.88 bits per heavy atom. The standard InChI is InChI=1S/C29H30BNO2/c1-20-7-6-8-23-19-22(11-18-27(20)23)21-9-14-25(15-10-21)31-26-16-12-24(13-17-26)30-32-28(2,3)29(4,5)33-30/h6-19,31H,1-5H3. The highest BCUT2D eigenvalue weighted by molar-refractivity contribution is 6.62. The first-order valence-corrected chi connectivity index (χ1v) is 11.5. The summed E-state index contributed by atoms with van der Waals surface area (Å²) in [5.74, 6) is 0. The van der Waals surface area contributed by atoms with Crippen molar-refractivity contribution in [1.82, 2.24) is 0 Å². The van der Waals surface area contributed by atoms with Crippen molar-refractivity contribution in [3.05, 3.63) is 90.5 Å². The van der Waals surface area contributed by atoms with Gasteiger partial charge in [0.25, 0.3) is 0 Å². The highest BCUT2D eigenvalue weighted by Crippen LogP contribution is 2.36. The summed E-state index contributed by atoms with van der Waals surface area (Å²) in [6.45, 7) is 10.5. The molecule has 0 spiro atoms. The molecule has 3 nitrogen and oxygen atoms in total. The molecule has 166 valence electrons. The lowest BCUT2D eigenvalue weighted by Gasteiger charge is -2.32. The first-order chi connectivity index (χ1) is 15.7. The van der Waals surface area contributed by atoms with E-state index in [1.54, 1.807) is 0 Å². The summed E-state index contributed by atoms with van der Waals surface area (Å²) in [5.41, 5.74) is 6.19. The zero-order valence-corrected chi connectivity index (χ0v) is 20.0. The molecule has 0 bridgehead atoms. The monoisotopic (exact) mass is 435 g/mol. The van der Waals surface area contributed by atoms with Crippen LogP contribution in [0.3, 0.4) is 0 Å². The van der Waals surface area contributed by atoms with Crippen LogP contribution in [0.2, 0.25) is 0 Å². The smallest absolute Gasteiger partial charge is 0.399 e. The van der Waals surface area contributed by atoms with E-state index in [2.05, 4.69) is 125 Å². The van der Waals surface area contributed by atoms with Crippen molar-refractivity contribution in [2.24, 2.45) is 0 Å². The molecule has 4 aromatic rings. The van der Waals surface area contributed by atoms with Crippen LogP contribution in [0.1, 0.15) is 33.3 Å². The second-order valence-electron chi connectivity index (χ2n) is 9.92. The lowest BCUT2D eigenvalue weighted by atomic mass is 9.79. The molecule has 0 amide bonds. The van der Waals surface area contributed by atoms with Crippen molar-refractivity contribution in [3.8, 4) is 11.1 Å². The van der Waals surface area contributed by atoms with E-state index in [0.29, 0.717) is 0 Å². The third-order valence-corrected chi connectivity index (χ3v) is 7.04. The lowest BCUT2D eigenvalue weighted by molar-refractivity contribution is 0.00578. The van der Waals surface area contributed by atoms with E-state index in [1.165, 1.54) is 27.5 Å². The van der Waals surface area contributed by atoms with Gasteiger partial charge < -0.3 is 14.6 Å². The van der Waals surface area contributed by atoms with Gasteiger partial charge in [-0.05, 0) is 97.9 Å². The maximum absolute atomic E-state index is 6.15. The van der Waals surface area contributed by atoms with Crippen LogP contribution >= 0.6 is 0 Å². The van der Waals surface area contributed by atoms with Crippen molar-refractivity contribution < 1.29 is 9.31 Å². The molecule has 0 aliphatic carbocycles. The van der Waals surface area contributed by atoms with Crippen molar-refractivity contribution in [2.45, 2.75) is 45.8 Å². The molecule has 0 aromatic heterocycles. The summed E-state index contributed by atoms with van der Waals surface area (Å²) in [5, 5.41) is 6.07. The number of anilines is 2. The first kappa shape index (κ1) is 21.8. The molecule has 0 atom stereocenters. The summed E-state index contributed by atoms with van der Waals surface area (Å²) >= 11 is 0. The Morgan fingerprint density at radius 2 is 1.24 bits per heavy atom. The molecular formula is C29H30BNO2. The molecule has 1 aliphatic heterocycles. The van der Waals surface area contributed by atoms with Gasteiger partial charge in [0, 0.05) is 11.4 Å². The van der Waals surface area contributed by atoms with Crippen molar-refractivity contribution >= 4 is 34.7 Å². The van der Waals surface area contributed by atoms with Crippen molar-refractivity contribution in [3.63, 3.8) is 0 Å². The van der Waals surface area contributed by atoms with Gasteiger partial charge in [-0.1, -0.05) is 54.6 Å². The van der Waals surface area contributed by atoms with Crippen molar-refractivity contribution in [1.29, 1.82) is 0 Å². The molecular weight excluding hydrogens is 405 g/mol. The third-order valence-electron chi connectivity index (χ3n) is 7.04. The van der Waals surface area contributed by atoms with Crippen LogP contribution in [-0.2, 0) is 9.31 Å². The fourth-order valence-electron chi connectivity index (χ4n) is 4.24. The van der Waals surface area contributed by atoms with Crippen LogP contribution in [0.15, 0.2) is 84.9 Å². The molecule has 4 aromatic carbocycles. The Bertz CT molecular complexity index is 1280. The summed E-state index contributed by atoms with van der Waals surface area (Å²) in [6.07, 6.45) is 0. The van der Waals surface area contributed by atoms with Crippen LogP contribution in [0, 0.1) is 6.92 Å².